The third-order valence-electron chi connectivity index (χ3n) is 6.63. The summed E-state index contributed by atoms with van der Waals surface area (Å²) < 4.78 is 23.9. The first-order valence-corrected chi connectivity index (χ1v) is 14.0. The van der Waals surface area contributed by atoms with Gasteiger partial charge in [0.05, 0.1) is 17.6 Å². The van der Waals surface area contributed by atoms with E-state index in [1.807, 2.05) is 42.5 Å². The lowest BCUT2D eigenvalue weighted by molar-refractivity contribution is 0.597. The predicted octanol–water partition coefficient (Wildman–Crippen LogP) is 3.01. The van der Waals surface area contributed by atoms with Crippen molar-refractivity contribution in [1.29, 1.82) is 0 Å². The van der Waals surface area contributed by atoms with E-state index in [0.717, 1.165) is 33.1 Å². The molecular formula is C29H26N6O2S. The zero-order valence-electron chi connectivity index (χ0n) is 20.6. The van der Waals surface area contributed by atoms with E-state index in [4.69, 9.17) is 20.1 Å². The van der Waals surface area contributed by atoms with E-state index in [1.165, 1.54) is 31.3 Å². The Hall–Kier alpha value is -4.21. The maximum Gasteiger partial charge on any atom is 0.239 e. The summed E-state index contributed by atoms with van der Waals surface area (Å²) in [5.74, 6) is 1.56. The van der Waals surface area contributed by atoms with Crippen LogP contribution in [0, 0.1) is 0 Å². The summed E-state index contributed by atoms with van der Waals surface area (Å²) in [6.07, 6.45) is 11.9. The van der Waals surface area contributed by atoms with Crippen LogP contribution >= 0.6 is 0 Å². The number of pyridine rings is 2. The van der Waals surface area contributed by atoms with Gasteiger partial charge >= 0.3 is 0 Å². The molecule has 9 heteroatoms. The standard InChI is InChI=1S/C29H26N6O2S/c30-38(36,37)23-15-21(16-31-18-23)28-34-26-11-5-4-10-24(19-7-2-1-3-8-19)27(26)29(35-28)32-17-22-9-6-12-25(33-22)20-13-14-20/h1-9,11-12,15-16,18,20H,10,13-14,17H2,(H2,30,36,37)(H,32,34,35). The lowest BCUT2D eigenvalue weighted by Gasteiger charge is -2.13. The number of allylic oxidation sites excluding steroid dienone is 2. The molecule has 3 heterocycles. The molecule has 0 spiro atoms. The maximum atomic E-state index is 12.0. The lowest BCUT2D eigenvalue weighted by atomic mass is 10.0. The molecule has 0 aliphatic heterocycles. The minimum absolute atomic E-state index is 0.0930. The van der Waals surface area contributed by atoms with Crippen molar-refractivity contribution in [2.24, 2.45) is 5.14 Å². The van der Waals surface area contributed by atoms with Crippen molar-refractivity contribution >= 4 is 27.5 Å². The fourth-order valence-electron chi connectivity index (χ4n) is 4.58. The van der Waals surface area contributed by atoms with E-state index in [2.05, 4.69) is 34.6 Å². The van der Waals surface area contributed by atoms with Gasteiger partial charge in [0.15, 0.2) is 5.82 Å². The molecule has 1 fully saturated rings. The minimum Gasteiger partial charge on any atom is -0.364 e. The Morgan fingerprint density at radius 2 is 1.79 bits per heavy atom. The molecule has 8 nitrogen and oxygen atoms in total. The number of fused-ring (bicyclic) bond motifs is 1. The number of rotatable bonds is 7. The van der Waals surface area contributed by atoms with Crippen molar-refractivity contribution in [2.45, 2.75) is 36.6 Å². The summed E-state index contributed by atoms with van der Waals surface area (Å²) in [5, 5.41) is 10.5. The van der Waals surface area contributed by atoms with Gasteiger partial charge in [0.25, 0.3) is 0 Å². The summed E-state index contributed by atoms with van der Waals surface area (Å²) in [7, 11) is -3.93. The predicted molar refractivity (Wildman–Crippen MR) is 147 cm³/mol. The first-order chi connectivity index (χ1) is 18.5. The van der Waals surface area contributed by atoms with Gasteiger partial charge in [-0.05, 0) is 54.7 Å². The minimum atomic E-state index is -3.93. The van der Waals surface area contributed by atoms with Gasteiger partial charge in [-0.25, -0.2) is 23.5 Å². The van der Waals surface area contributed by atoms with Gasteiger partial charge in [0.1, 0.15) is 10.7 Å². The highest BCUT2D eigenvalue weighted by molar-refractivity contribution is 7.89. The first kappa shape index (κ1) is 24.1. The monoisotopic (exact) mass is 522 g/mol. The number of nitrogens with zero attached hydrogens (tertiary/aromatic N) is 4. The second-order valence-corrected chi connectivity index (χ2v) is 11.0. The number of hydrogen-bond donors (Lipinski definition) is 2. The molecule has 0 unspecified atom stereocenters. The van der Waals surface area contributed by atoms with Gasteiger partial charge in [-0.1, -0.05) is 48.6 Å². The molecule has 190 valence electrons. The summed E-state index contributed by atoms with van der Waals surface area (Å²) in [4.78, 5) is 18.6. The topological polar surface area (TPSA) is 124 Å². The summed E-state index contributed by atoms with van der Waals surface area (Å²) in [6, 6.07) is 17.8. The molecule has 1 aromatic carbocycles. The number of anilines is 1. The molecule has 0 radical (unpaired) electrons. The molecule has 3 aromatic heterocycles. The molecular weight excluding hydrogens is 496 g/mol. The fraction of sp³-hybridized carbons (Fsp3) is 0.172. The molecule has 0 saturated heterocycles. The van der Waals surface area contributed by atoms with Crippen LogP contribution in [0.1, 0.15) is 42.1 Å². The number of aromatic nitrogens is 4. The summed E-state index contributed by atoms with van der Waals surface area (Å²) in [5.41, 5.74) is 4.69. The number of nitrogens with one attached hydrogen (secondary N) is 1. The van der Waals surface area contributed by atoms with E-state index in [9.17, 15) is 8.42 Å². The Morgan fingerprint density at radius 1 is 0.947 bits per heavy atom. The molecule has 0 atom stereocenters. The number of benzene rings is 1. The Balaban J connectivity index is 1.52. The molecule has 38 heavy (non-hydrogen) atoms. The quantitative estimate of drug-likeness (QED) is 0.382. The van der Waals surface area contributed by atoms with Crippen molar-refractivity contribution in [3.63, 3.8) is 0 Å². The highest BCUT2D eigenvalue weighted by Gasteiger charge is 2.25. The van der Waals surface area contributed by atoms with Gasteiger partial charge < -0.3 is 5.32 Å². The van der Waals surface area contributed by atoms with Gasteiger partial charge in [-0.3, -0.25) is 9.97 Å². The summed E-state index contributed by atoms with van der Waals surface area (Å²) >= 11 is 0. The highest BCUT2D eigenvalue weighted by Crippen LogP contribution is 2.38. The van der Waals surface area contributed by atoms with Crippen LogP contribution in [0.4, 0.5) is 5.82 Å². The molecule has 4 aromatic rings. The van der Waals surface area contributed by atoms with Crippen LogP contribution in [0.25, 0.3) is 23.0 Å². The molecule has 6 rings (SSSR count). The van der Waals surface area contributed by atoms with Crippen LogP contribution in [0.3, 0.4) is 0 Å². The average molecular weight is 523 g/mol. The van der Waals surface area contributed by atoms with Crippen molar-refractivity contribution in [2.75, 3.05) is 5.32 Å². The normalized spacial score (nSPS) is 14.9. The molecule has 1 saturated carbocycles. The van der Waals surface area contributed by atoms with Crippen LogP contribution in [-0.4, -0.2) is 28.4 Å². The lowest BCUT2D eigenvalue weighted by Crippen LogP contribution is -2.35. The van der Waals surface area contributed by atoms with Crippen LogP contribution in [0.5, 0.6) is 0 Å². The van der Waals surface area contributed by atoms with E-state index in [-0.39, 0.29) is 4.90 Å². The van der Waals surface area contributed by atoms with Crippen molar-refractivity contribution in [3.8, 4) is 11.4 Å². The van der Waals surface area contributed by atoms with Gasteiger partial charge in [0, 0.05) is 34.8 Å². The SMILES string of the molecule is NS(=O)(=O)c1cncc(-c2nc(NCc3cccc(C4CC4)n3)c3c(n2)=CC=CCC=3c2ccccc2)c1. The number of sulfonamides is 1. The molecule has 0 bridgehead atoms. The van der Waals surface area contributed by atoms with Crippen LogP contribution in [-0.2, 0) is 16.6 Å². The molecule has 0 amide bonds. The second-order valence-electron chi connectivity index (χ2n) is 9.44. The Labute approximate surface area is 220 Å². The van der Waals surface area contributed by atoms with E-state index in [1.54, 1.807) is 0 Å². The second kappa shape index (κ2) is 9.92. The van der Waals surface area contributed by atoms with Crippen molar-refractivity contribution in [3.05, 3.63) is 107 Å². The Kier molecular flexibility index (Phi) is 6.30. The largest absolute Gasteiger partial charge is 0.364 e. The van der Waals surface area contributed by atoms with Gasteiger partial charge in [-0.15, -0.1) is 0 Å². The maximum absolute atomic E-state index is 12.0. The molecule has 3 N–H and O–H groups in total. The smallest absolute Gasteiger partial charge is 0.239 e. The summed E-state index contributed by atoms with van der Waals surface area (Å²) in [6.45, 7) is 0.481. The van der Waals surface area contributed by atoms with Crippen molar-refractivity contribution in [1.82, 2.24) is 19.9 Å². The number of hydrogen-bond acceptors (Lipinski definition) is 7. The Morgan fingerprint density at radius 3 is 2.58 bits per heavy atom. The number of primary sulfonamides is 1. The fourth-order valence-corrected chi connectivity index (χ4v) is 5.07. The first-order valence-electron chi connectivity index (χ1n) is 12.5. The van der Waals surface area contributed by atoms with Crippen LogP contribution < -0.4 is 21.0 Å². The van der Waals surface area contributed by atoms with Gasteiger partial charge in [-0.2, -0.15) is 0 Å². The van der Waals surface area contributed by atoms with E-state index >= 15 is 0 Å². The highest BCUT2D eigenvalue weighted by atomic mass is 32.2. The van der Waals surface area contributed by atoms with Crippen molar-refractivity contribution < 1.29 is 8.42 Å². The third kappa shape index (κ3) is 5.11. The van der Waals surface area contributed by atoms with Gasteiger partial charge in [0.2, 0.25) is 10.0 Å². The molecule has 2 aliphatic carbocycles. The van der Waals surface area contributed by atoms with Crippen LogP contribution in [0.15, 0.2) is 84.0 Å². The van der Waals surface area contributed by atoms with Crippen LogP contribution in [0.2, 0.25) is 0 Å². The zero-order valence-corrected chi connectivity index (χ0v) is 21.4. The average Bonchev–Trinajstić information content (AvgIpc) is 3.79. The van der Waals surface area contributed by atoms with E-state index in [0.29, 0.717) is 36.1 Å². The zero-order chi connectivity index (χ0) is 26.1. The van der Waals surface area contributed by atoms with E-state index < -0.39 is 10.0 Å². The molecule has 2 aliphatic rings. The third-order valence-corrected chi connectivity index (χ3v) is 7.51. The number of nitrogens with two attached hydrogens (primary N) is 1. The Bertz CT molecular complexity index is 1780.